The molecule has 0 bridgehead atoms. The van der Waals surface area contributed by atoms with E-state index in [1.54, 1.807) is 9.80 Å². The summed E-state index contributed by atoms with van der Waals surface area (Å²) < 4.78 is 11.2. The smallest absolute Gasteiger partial charge is 0.414 e. The zero-order chi connectivity index (χ0) is 23.6. The molecule has 2 amide bonds. The molecule has 1 unspecified atom stereocenters. The maximum atomic E-state index is 12.9. The first kappa shape index (κ1) is 23.1. The van der Waals surface area contributed by atoms with Crippen molar-refractivity contribution < 1.29 is 19.1 Å². The van der Waals surface area contributed by atoms with Crippen LogP contribution in [0.4, 0.5) is 15.3 Å². The quantitative estimate of drug-likeness (QED) is 0.591. The number of amides is 2. The van der Waals surface area contributed by atoms with Gasteiger partial charge in [-0.2, -0.15) is 0 Å². The SMILES string of the molecule is CC1CN(C(=O)OC(C)(C)C)CCc2cc3c(cc21)CCCN3C(=O)OCc1ccccc1. The first-order chi connectivity index (χ1) is 15.7. The Kier molecular flexibility index (Phi) is 6.63. The van der Waals surface area contributed by atoms with E-state index in [0.29, 0.717) is 19.6 Å². The van der Waals surface area contributed by atoms with Crippen LogP contribution in [0, 0.1) is 0 Å². The second-order valence-corrected chi connectivity index (χ2v) is 10.1. The third kappa shape index (κ3) is 5.49. The van der Waals surface area contributed by atoms with E-state index >= 15 is 0 Å². The fourth-order valence-electron chi connectivity index (χ4n) is 4.63. The molecule has 176 valence electrons. The Balaban J connectivity index is 1.52. The number of benzene rings is 2. The van der Waals surface area contributed by atoms with Crippen LogP contribution in [0.3, 0.4) is 0 Å². The first-order valence-electron chi connectivity index (χ1n) is 11.8. The molecule has 33 heavy (non-hydrogen) atoms. The molecule has 0 saturated heterocycles. The Morgan fingerprint density at radius 3 is 2.48 bits per heavy atom. The van der Waals surface area contributed by atoms with E-state index in [4.69, 9.17) is 9.47 Å². The van der Waals surface area contributed by atoms with Gasteiger partial charge in [0.05, 0.1) is 5.69 Å². The van der Waals surface area contributed by atoms with Crippen LogP contribution in [-0.4, -0.2) is 42.3 Å². The Hall–Kier alpha value is -3.02. The number of rotatable bonds is 2. The molecule has 0 N–H and O–H groups in total. The van der Waals surface area contributed by atoms with Crippen LogP contribution < -0.4 is 4.90 Å². The van der Waals surface area contributed by atoms with Gasteiger partial charge in [-0.15, -0.1) is 0 Å². The van der Waals surface area contributed by atoms with Gasteiger partial charge in [0.1, 0.15) is 12.2 Å². The van der Waals surface area contributed by atoms with Gasteiger partial charge in [0, 0.05) is 19.6 Å². The summed E-state index contributed by atoms with van der Waals surface area (Å²) in [7, 11) is 0. The molecular formula is C27H34N2O4. The third-order valence-corrected chi connectivity index (χ3v) is 6.21. The van der Waals surface area contributed by atoms with Crippen LogP contribution in [0.5, 0.6) is 0 Å². The van der Waals surface area contributed by atoms with Crippen LogP contribution in [0.15, 0.2) is 42.5 Å². The van der Waals surface area contributed by atoms with Crippen LogP contribution in [0.2, 0.25) is 0 Å². The lowest BCUT2D eigenvalue weighted by atomic mass is 9.89. The average molecular weight is 451 g/mol. The van der Waals surface area contributed by atoms with Crippen molar-refractivity contribution in [3.8, 4) is 0 Å². The van der Waals surface area contributed by atoms with Gasteiger partial charge in [0.2, 0.25) is 0 Å². The summed E-state index contributed by atoms with van der Waals surface area (Å²) in [5.74, 6) is 0.195. The van der Waals surface area contributed by atoms with Crippen molar-refractivity contribution >= 4 is 17.9 Å². The summed E-state index contributed by atoms with van der Waals surface area (Å²) in [6.07, 6.45) is 2.01. The van der Waals surface area contributed by atoms with E-state index < -0.39 is 5.60 Å². The number of nitrogens with zero attached hydrogens (tertiary/aromatic N) is 2. The van der Waals surface area contributed by atoms with Crippen LogP contribution in [-0.2, 0) is 28.9 Å². The lowest BCUT2D eigenvalue weighted by Crippen LogP contribution is -2.38. The van der Waals surface area contributed by atoms with Crippen molar-refractivity contribution in [2.24, 2.45) is 0 Å². The standard InChI is InChI=1S/C27H34N2O4/c1-19-17-28(25(30)33-27(2,3)4)14-12-21-16-24-22(15-23(19)21)11-8-13-29(24)26(31)32-18-20-9-6-5-7-10-20/h5-7,9-10,15-16,19H,8,11-14,17-18H2,1-4H3. The Bertz CT molecular complexity index is 1010. The van der Waals surface area contributed by atoms with Gasteiger partial charge < -0.3 is 14.4 Å². The van der Waals surface area contributed by atoms with E-state index in [0.717, 1.165) is 30.5 Å². The second kappa shape index (κ2) is 9.46. The Morgan fingerprint density at radius 1 is 1.00 bits per heavy atom. The summed E-state index contributed by atoms with van der Waals surface area (Å²) in [5.41, 5.74) is 5.03. The molecule has 0 aliphatic carbocycles. The zero-order valence-corrected chi connectivity index (χ0v) is 20.1. The predicted molar refractivity (Wildman–Crippen MR) is 129 cm³/mol. The molecule has 2 aromatic carbocycles. The second-order valence-electron chi connectivity index (χ2n) is 10.1. The normalized spacial score (nSPS) is 18.1. The Morgan fingerprint density at radius 2 is 1.76 bits per heavy atom. The monoisotopic (exact) mass is 450 g/mol. The molecule has 2 aliphatic heterocycles. The topological polar surface area (TPSA) is 59.1 Å². The minimum atomic E-state index is -0.515. The molecule has 0 radical (unpaired) electrons. The zero-order valence-electron chi connectivity index (χ0n) is 20.1. The molecule has 2 aliphatic rings. The fourth-order valence-corrected chi connectivity index (χ4v) is 4.63. The van der Waals surface area contributed by atoms with Crippen molar-refractivity contribution in [3.63, 3.8) is 0 Å². The third-order valence-electron chi connectivity index (χ3n) is 6.21. The van der Waals surface area contributed by atoms with Crippen LogP contribution in [0.25, 0.3) is 0 Å². The lowest BCUT2D eigenvalue weighted by molar-refractivity contribution is 0.0248. The molecule has 2 aromatic rings. The maximum absolute atomic E-state index is 12.9. The number of anilines is 1. The van der Waals surface area contributed by atoms with Crippen molar-refractivity contribution in [1.29, 1.82) is 0 Å². The van der Waals surface area contributed by atoms with Gasteiger partial charge in [-0.3, -0.25) is 4.90 Å². The fraction of sp³-hybridized carbons (Fsp3) is 0.481. The molecular weight excluding hydrogens is 416 g/mol. The van der Waals surface area contributed by atoms with Crippen molar-refractivity contribution in [2.75, 3.05) is 24.5 Å². The molecule has 4 rings (SSSR count). The van der Waals surface area contributed by atoms with Crippen LogP contribution in [0.1, 0.15) is 62.3 Å². The number of hydrogen-bond donors (Lipinski definition) is 0. The van der Waals surface area contributed by atoms with Crippen molar-refractivity contribution in [1.82, 2.24) is 4.90 Å². The van der Waals surface area contributed by atoms with E-state index in [9.17, 15) is 9.59 Å². The van der Waals surface area contributed by atoms with Gasteiger partial charge in [0.15, 0.2) is 0 Å². The van der Waals surface area contributed by atoms with Gasteiger partial charge in [-0.05, 0) is 74.3 Å². The van der Waals surface area contributed by atoms with E-state index in [1.807, 2.05) is 51.1 Å². The van der Waals surface area contributed by atoms with Crippen molar-refractivity contribution in [2.45, 2.75) is 65.1 Å². The van der Waals surface area contributed by atoms with Crippen molar-refractivity contribution in [3.05, 3.63) is 64.7 Å². The number of fused-ring (bicyclic) bond motifs is 2. The van der Waals surface area contributed by atoms with Gasteiger partial charge in [0.25, 0.3) is 0 Å². The molecule has 0 fully saturated rings. The van der Waals surface area contributed by atoms with E-state index in [1.165, 1.54) is 16.7 Å². The molecule has 2 heterocycles. The van der Waals surface area contributed by atoms with E-state index in [2.05, 4.69) is 19.1 Å². The first-order valence-corrected chi connectivity index (χ1v) is 11.8. The molecule has 1 atom stereocenters. The molecule has 0 spiro atoms. The number of ether oxygens (including phenoxy) is 2. The molecule has 0 saturated carbocycles. The lowest BCUT2D eigenvalue weighted by Gasteiger charge is -2.30. The number of hydrogen-bond acceptors (Lipinski definition) is 4. The highest BCUT2D eigenvalue weighted by atomic mass is 16.6. The minimum Gasteiger partial charge on any atom is -0.444 e. The predicted octanol–water partition coefficient (Wildman–Crippen LogP) is 5.67. The highest BCUT2D eigenvalue weighted by Crippen LogP contribution is 2.35. The molecule has 6 heteroatoms. The van der Waals surface area contributed by atoms with Gasteiger partial charge in [-0.1, -0.05) is 43.3 Å². The summed E-state index contributed by atoms with van der Waals surface area (Å²) in [6, 6.07) is 14.1. The average Bonchev–Trinajstić information content (AvgIpc) is 2.94. The maximum Gasteiger partial charge on any atom is 0.414 e. The number of carbonyl (C=O) groups excluding carboxylic acids is 2. The molecule has 6 nitrogen and oxygen atoms in total. The summed E-state index contributed by atoms with van der Waals surface area (Å²) in [4.78, 5) is 29.2. The highest BCUT2D eigenvalue weighted by molar-refractivity contribution is 5.89. The minimum absolute atomic E-state index is 0.195. The van der Waals surface area contributed by atoms with Crippen LogP contribution >= 0.6 is 0 Å². The largest absolute Gasteiger partial charge is 0.444 e. The number of aryl methyl sites for hydroxylation is 1. The Labute approximate surface area is 196 Å². The van der Waals surface area contributed by atoms with Gasteiger partial charge in [-0.25, -0.2) is 9.59 Å². The molecule has 0 aromatic heterocycles. The highest BCUT2D eigenvalue weighted by Gasteiger charge is 2.30. The summed E-state index contributed by atoms with van der Waals surface area (Å²) in [6.45, 7) is 9.97. The van der Waals surface area contributed by atoms with E-state index in [-0.39, 0.29) is 24.7 Å². The summed E-state index contributed by atoms with van der Waals surface area (Å²) in [5, 5.41) is 0. The summed E-state index contributed by atoms with van der Waals surface area (Å²) >= 11 is 0. The number of carbonyl (C=O) groups is 2. The van der Waals surface area contributed by atoms with Gasteiger partial charge >= 0.3 is 12.2 Å².